The molecule has 0 spiro atoms. The van der Waals surface area contributed by atoms with Crippen molar-refractivity contribution in [2.45, 2.75) is 194 Å². The first-order valence-electron chi connectivity index (χ1n) is 27.2. The molecule has 6 rings (SSSR count). The molecule has 6 saturated heterocycles. The van der Waals surface area contributed by atoms with Crippen LogP contribution in [0.4, 0.5) is 0 Å². The summed E-state index contributed by atoms with van der Waals surface area (Å²) in [6.45, 7) is 5.54. The summed E-state index contributed by atoms with van der Waals surface area (Å²) >= 11 is 7.92. The van der Waals surface area contributed by atoms with E-state index in [0.29, 0.717) is 31.6 Å². The number of ether oxygens (including phenoxy) is 12. The third-order valence-electron chi connectivity index (χ3n) is 14.1. The number of aliphatic hydroxyl groups is 4. The van der Waals surface area contributed by atoms with Crippen LogP contribution in [0, 0.1) is 23.7 Å². The Morgan fingerprint density at radius 1 is 0.536 bits per heavy atom. The fourth-order valence-electron chi connectivity index (χ4n) is 9.92. The van der Waals surface area contributed by atoms with Gasteiger partial charge in [-0.25, -0.2) is 33.7 Å². The predicted octanol–water partition coefficient (Wildman–Crippen LogP) is -14.7. The molecule has 51 heteroatoms. The number of carboxylic acid groups (broad SMARTS) is 2. The first kappa shape index (κ1) is 102. The molecule has 97 heavy (non-hydrogen) atoms. The van der Waals surface area contributed by atoms with E-state index in [9.17, 15) is 96.9 Å². The SMILES string of the molecule is CO[C@H]1CC(C)[C@@H](O[C@H]2CC(O)[C@H](OC3[C@@H](COS(=O)(=O)[O-])O[C@@H](CCCCS)[C@H]3O)OC2C(=O)[O-])OC1COS(=O)(=O)[O-].CO[C@H]1CC(C)[C@H](O[C@H]2CC(O)[C@H](OC3[C@@H](O)[C@H](C=O)O[C@@H]3COS(=O)(=O)[O-])OC2C(=O)[O-])OC1COS(=O)(=O)[O-].NCCS.O.O.O.O.[B].[C-]#N.[Na+]. The number of carbonyl (C=O) groups excluding carboxylic acids is 3. The second-order valence-corrected chi connectivity index (χ2v) is 25.8. The summed E-state index contributed by atoms with van der Waals surface area (Å²) in [5.74, 6) is -3.13. The molecule has 0 aliphatic carbocycles. The molecule has 6 heterocycles. The molecule has 0 aromatic heterocycles. The van der Waals surface area contributed by atoms with Gasteiger partial charge in [-0.05, 0) is 37.9 Å². The molecule has 3 radical (unpaired) electrons. The van der Waals surface area contributed by atoms with Gasteiger partial charge in [0.25, 0.3) is 0 Å². The van der Waals surface area contributed by atoms with Crippen molar-refractivity contribution < 1.29 is 222 Å². The minimum absolute atomic E-state index is 0. The molecule has 43 nitrogen and oxygen atoms in total. The maximum Gasteiger partial charge on any atom is 1.00 e. The maximum absolute atomic E-state index is 12.1. The molecule has 0 bridgehead atoms. The fraction of sp³-hybridized carbons (Fsp3) is 0.913. The molecule has 0 aromatic rings. The largest absolute Gasteiger partial charge is 1.00 e. The molecule has 6 fully saturated rings. The number of hydrogen-bond acceptors (Lipinski definition) is 41. The summed E-state index contributed by atoms with van der Waals surface area (Å²) in [4.78, 5) is 35.2. The van der Waals surface area contributed by atoms with Crippen LogP contribution in [-0.2, 0) is 130 Å². The van der Waals surface area contributed by atoms with Crippen molar-refractivity contribution >= 4 is 93.5 Å². The summed E-state index contributed by atoms with van der Waals surface area (Å²) in [7, 11) is -17.8. The molecular weight excluding hydrogens is 1460 g/mol. The van der Waals surface area contributed by atoms with Crippen LogP contribution in [0.2, 0.25) is 0 Å². The summed E-state index contributed by atoms with van der Waals surface area (Å²) in [6, 6.07) is 0. The second-order valence-electron chi connectivity index (χ2n) is 20.7. The van der Waals surface area contributed by atoms with Gasteiger partial charge in [0.1, 0.15) is 79.4 Å². The van der Waals surface area contributed by atoms with Gasteiger partial charge in [0.15, 0.2) is 31.4 Å². The van der Waals surface area contributed by atoms with Gasteiger partial charge in [0, 0.05) is 59.6 Å². The molecule has 0 amide bonds. The molecule has 24 atom stereocenters. The predicted molar refractivity (Wildman–Crippen MR) is 308 cm³/mol. The quantitative estimate of drug-likeness (QED) is 0.00668. The van der Waals surface area contributed by atoms with Crippen LogP contribution < -0.4 is 45.5 Å². The molecule has 6 aliphatic rings. The topological polar surface area (TPSA) is 731 Å². The van der Waals surface area contributed by atoms with Gasteiger partial charge in [-0.2, -0.15) is 25.3 Å². The number of aliphatic hydroxyl groups excluding tert-OH is 4. The number of rotatable bonds is 30. The molecule has 567 valence electrons. The minimum atomic E-state index is -5.20. The smallest absolute Gasteiger partial charge is 0.726 e. The van der Waals surface area contributed by atoms with Crippen molar-refractivity contribution in [2.24, 2.45) is 17.6 Å². The van der Waals surface area contributed by atoms with Gasteiger partial charge in [0.05, 0.1) is 68.9 Å². The van der Waals surface area contributed by atoms with E-state index < -0.39 is 240 Å². The van der Waals surface area contributed by atoms with E-state index in [1.54, 1.807) is 13.8 Å². The first-order chi connectivity index (χ1) is 42.5. The molecule has 6 aliphatic heterocycles. The zero-order valence-electron chi connectivity index (χ0n) is 52.2. The van der Waals surface area contributed by atoms with Gasteiger partial charge in [-0.15, -0.1) is 0 Å². The van der Waals surface area contributed by atoms with Crippen LogP contribution in [0.5, 0.6) is 0 Å². The third-order valence-corrected chi connectivity index (χ3v) is 16.4. The number of methoxy groups -OCH3 is 2. The number of hydrogen-bond donors (Lipinski definition) is 7. The number of carboxylic acids is 2. The average Bonchev–Trinajstić information content (AvgIpc) is 1.58. The van der Waals surface area contributed by atoms with Crippen LogP contribution in [0.1, 0.15) is 58.8 Å². The van der Waals surface area contributed by atoms with E-state index in [1.807, 2.05) is 0 Å². The summed E-state index contributed by atoms with van der Waals surface area (Å²) in [5.41, 5.74) is 4.95. The van der Waals surface area contributed by atoms with Crippen molar-refractivity contribution in [1.82, 2.24) is 0 Å². The number of nitrogens with zero attached hydrogens (tertiary/aromatic N) is 1. The van der Waals surface area contributed by atoms with Gasteiger partial charge in [-0.1, -0.05) is 13.8 Å². The summed E-state index contributed by atoms with van der Waals surface area (Å²) < 4.78 is 214. The van der Waals surface area contributed by atoms with E-state index in [4.69, 9.17) is 74.4 Å². The standard InChI is InChI=1S/C23H40O18S3.C20H32O19S2.C2H7NS.CN.B.Na.4H2O/c1-11-7-14(34-2)16(9-35-43(28,29)30)39-22(11)38-15-8-12(24)23(41-20(15)21(26)27)40-19-17(10-36-44(31,32)33)37-13(18(19)25)5-3-4-6-42;1-8-3-10(32-2)13(6-33-40(26,27)28)37-19(8)36-11-4-9(22)20(39-17(11)18(24)25)38-16-14(7-34-41(29,30)31)35-12(5-21)15(16)23;3-1-2-4;1-2;;;;;;/h11-20,22-25,42H,3-10H2,1-2H3,(H,26,27)(H,28,29,30)(H,31,32,33);5,8-17,19-20,22-23H,3-4,6-7H2,1-2H3,(H,24,25)(H,26,27,28)(H,29,30,31);4H,1-3H2;;;;4*1H2/q;;;-1;;+1;;;;/p-6/t11?,12?,13-,14-,15-,16?,17+,18+,19?,20?,22-,23+;8?,9?,10-,11-,12-,13?,14+,15-,16?,17?,19+,20+;;;;;;;;/m00......../s1. The Bertz CT molecular complexity index is 2730. The Morgan fingerprint density at radius 3 is 1.19 bits per heavy atom. The van der Waals surface area contributed by atoms with E-state index in [-0.39, 0.29) is 79.0 Å². The van der Waals surface area contributed by atoms with Crippen molar-refractivity contribution in [3.05, 3.63) is 6.57 Å². The molecule has 0 saturated carbocycles. The average molecular weight is 1540 g/mol. The van der Waals surface area contributed by atoms with Crippen LogP contribution in [0.3, 0.4) is 0 Å². The minimum Gasteiger partial charge on any atom is -0.726 e. The van der Waals surface area contributed by atoms with Crippen molar-refractivity contribution in [2.75, 3.05) is 58.7 Å². The maximum atomic E-state index is 12.1. The summed E-state index contributed by atoms with van der Waals surface area (Å²) in [6.07, 6.45) is -29.3. The van der Waals surface area contributed by atoms with Crippen LogP contribution in [0.25, 0.3) is 0 Å². The second kappa shape index (κ2) is 47.8. The van der Waals surface area contributed by atoms with Crippen molar-refractivity contribution in [1.29, 1.82) is 5.26 Å². The number of nitrogens with two attached hydrogens (primary N) is 1. The van der Waals surface area contributed by atoms with E-state index >= 15 is 0 Å². The van der Waals surface area contributed by atoms with E-state index in [0.717, 1.165) is 5.75 Å². The number of unbranched alkanes of at least 4 members (excludes halogenated alkanes) is 1. The number of aliphatic carboxylic acids is 2. The van der Waals surface area contributed by atoms with Gasteiger partial charge >= 0.3 is 29.6 Å². The molecule has 14 N–H and O–H groups in total. The zero-order chi connectivity index (χ0) is 68.9. The Labute approximate surface area is 593 Å². The van der Waals surface area contributed by atoms with Crippen LogP contribution in [-0.4, -0.2) is 315 Å². The fourth-order valence-corrected chi connectivity index (χ4v) is 11.3. The van der Waals surface area contributed by atoms with Gasteiger partial charge < -0.3 is 160 Å². The molecule has 0 aromatic carbocycles. The van der Waals surface area contributed by atoms with E-state index in [2.05, 4.69) is 42.0 Å². The number of thiol groups is 2. The Morgan fingerprint density at radius 2 is 0.876 bits per heavy atom. The number of carbonyl (C=O) groups is 3. The number of aldehydes is 1. The van der Waals surface area contributed by atoms with Crippen molar-refractivity contribution in [3.8, 4) is 0 Å². The Hall–Kier alpha value is -1.50. The first-order valence-corrected chi connectivity index (χ1v) is 33.8. The Balaban J connectivity index is -0.000000781. The monoisotopic (exact) mass is 1540 g/mol. The molecular formula is C46H81BN2NaO41S6-6. The van der Waals surface area contributed by atoms with E-state index in [1.165, 1.54) is 14.2 Å². The van der Waals surface area contributed by atoms with Gasteiger partial charge in [0.2, 0.25) is 41.6 Å². The summed E-state index contributed by atoms with van der Waals surface area (Å²) in [5, 5.41) is 72.9. The van der Waals surface area contributed by atoms with Crippen LogP contribution in [0.15, 0.2) is 0 Å². The Kier molecular flexibility index (Phi) is 50.2. The zero-order valence-corrected chi connectivity index (χ0v) is 59.3. The van der Waals surface area contributed by atoms with Crippen LogP contribution >= 0.6 is 25.3 Å². The molecule has 10 unspecified atom stereocenters. The third kappa shape index (κ3) is 33.9. The van der Waals surface area contributed by atoms with Gasteiger partial charge in [-0.3, -0.25) is 16.7 Å². The normalized spacial score (nSPS) is 34.9. The van der Waals surface area contributed by atoms with Crippen molar-refractivity contribution in [3.63, 3.8) is 0 Å².